The highest BCUT2D eigenvalue weighted by Crippen LogP contribution is 2.34. The second kappa shape index (κ2) is 5.56. The number of hydrogen-bond acceptors (Lipinski definition) is 6. The molecule has 118 valence electrons. The Labute approximate surface area is 130 Å². The Balaban J connectivity index is 2.26. The number of ether oxygens (including phenoxy) is 1. The molecule has 0 saturated carbocycles. The number of rotatable bonds is 4. The van der Waals surface area contributed by atoms with Crippen molar-refractivity contribution in [1.82, 2.24) is 9.78 Å². The van der Waals surface area contributed by atoms with E-state index >= 15 is 0 Å². The Hall–Kier alpha value is -3.16. The van der Waals surface area contributed by atoms with Crippen molar-refractivity contribution in [3.8, 4) is 11.3 Å². The van der Waals surface area contributed by atoms with Gasteiger partial charge in [0.2, 0.25) is 5.76 Å². The quantitative estimate of drug-likeness (QED) is 0.417. The van der Waals surface area contributed by atoms with Gasteiger partial charge >= 0.3 is 5.97 Å². The fourth-order valence-electron chi connectivity index (χ4n) is 2.37. The lowest BCUT2D eigenvalue weighted by atomic mass is 10.1. The van der Waals surface area contributed by atoms with Crippen LogP contribution in [0.25, 0.3) is 22.2 Å². The van der Waals surface area contributed by atoms with Crippen LogP contribution in [0.4, 0.5) is 5.69 Å². The molecule has 0 fully saturated rings. The molecule has 1 aromatic carbocycles. The summed E-state index contributed by atoms with van der Waals surface area (Å²) in [7, 11) is 1.72. The molecular weight excluding hydrogens is 302 g/mol. The average molecular weight is 315 g/mol. The lowest BCUT2D eigenvalue weighted by Crippen LogP contribution is -2.02. The number of nitrogens with zero attached hydrogens (tertiary/aromatic N) is 3. The molecule has 2 aromatic heterocycles. The summed E-state index contributed by atoms with van der Waals surface area (Å²) in [5.74, 6) is -0.604. The molecule has 3 aromatic rings. The minimum Gasteiger partial charge on any atom is -0.460 e. The Morgan fingerprint density at radius 1 is 1.43 bits per heavy atom. The molecular formula is C15H13N3O5. The highest BCUT2D eigenvalue weighted by Gasteiger charge is 2.21. The molecule has 8 heteroatoms. The number of nitro groups is 1. The number of nitro benzene ring substituents is 1. The van der Waals surface area contributed by atoms with Gasteiger partial charge in [0, 0.05) is 36.3 Å². The van der Waals surface area contributed by atoms with Crippen molar-refractivity contribution in [2.24, 2.45) is 7.05 Å². The maximum Gasteiger partial charge on any atom is 0.374 e. The predicted molar refractivity (Wildman–Crippen MR) is 81.0 cm³/mol. The van der Waals surface area contributed by atoms with Gasteiger partial charge in [0.05, 0.1) is 17.2 Å². The van der Waals surface area contributed by atoms with Gasteiger partial charge in [-0.05, 0) is 19.1 Å². The lowest BCUT2D eigenvalue weighted by molar-refractivity contribution is -0.384. The number of hydrogen-bond donors (Lipinski definition) is 0. The highest BCUT2D eigenvalue weighted by atomic mass is 16.6. The van der Waals surface area contributed by atoms with Gasteiger partial charge in [-0.1, -0.05) is 0 Å². The van der Waals surface area contributed by atoms with Crippen LogP contribution in [0.3, 0.4) is 0 Å². The fourth-order valence-corrected chi connectivity index (χ4v) is 2.37. The second-order valence-corrected chi connectivity index (χ2v) is 4.84. The SMILES string of the molecule is CCOC(=O)c1cc2cc([N+](=O)[O-])cc(-c3ccnn3C)c2o1. The van der Waals surface area contributed by atoms with Crippen molar-refractivity contribution < 1.29 is 18.9 Å². The van der Waals surface area contributed by atoms with Gasteiger partial charge in [-0.3, -0.25) is 14.8 Å². The molecule has 3 rings (SSSR count). The van der Waals surface area contributed by atoms with E-state index in [-0.39, 0.29) is 18.1 Å². The van der Waals surface area contributed by atoms with Crippen LogP contribution in [0.2, 0.25) is 0 Å². The van der Waals surface area contributed by atoms with Crippen LogP contribution in [0.5, 0.6) is 0 Å². The molecule has 0 atom stereocenters. The Morgan fingerprint density at radius 2 is 2.22 bits per heavy atom. The normalized spacial score (nSPS) is 10.9. The third-order valence-electron chi connectivity index (χ3n) is 3.39. The van der Waals surface area contributed by atoms with Crippen LogP contribution in [0.1, 0.15) is 17.5 Å². The van der Waals surface area contributed by atoms with Gasteiger partial charge in [0.1, 0.15) is 5.58 Å². The third kappa shape index (κ3) is 2.54. The molecule has 23 heavy (non-hydrogen) atoms. The number of carbonyl (C=O) groups is 1. The molecule has 0 bridgehead atoms. The number of furan rings is 1. The van der Waals surface area contributed by atoms with Crippen LogP contribution in [-0.4, -0.2) is 27.3 Å². The number of benzene rings is 1. The van der Waals surface area contributed by atoms with Crippen LogP contribution in [0, 0.1) is 10.1 Å². The van der Waals surface area contributed by atoms with Gasteiger partial charge in [-0.2, -0.15) is 5.10 Å². The number of fused-ring (bicyclic) bond motifs is 1. The Bertz CT molecular complexity index is 909. The lowest BCUT2D eigenvalue weighted by Gasteiger charge is -2.03. The summed E-state index contributed by atoms with van der Waals surface area (Å²) < 4.78 is 12.1. The standard InChI is InChI=1S/C15H13N3O5/c1-3-22-15(19)13-7-9-6-10(18(20)21)8-11(14(9)23-13)12-4-5-16-17(12)2/h4-8H,3H2,1-2H3. The largest absolute Gasteiger partial charge is 0.460 e. The van der Waals surface area contributed by atoms with Crippen molar-refractivity contribution in [3.05, 3.63) is 46.3 Å². The first-order valence-corrected chi connectivity index (χ1v) is 6.88. The fraction of sp³-hybridized carbons (Fsp3) is 0.200. The molecule has 8 nitrogen and oxygen atoms in total. The summed E-state index contributed by atoms with van der Waals surface area (Å²) in [6, 6.07) is 5.92. The van der Waals surface area contributed by atoms with E-state index in [1.165, 1.54) is 18.2 Å². The van der Waals surface area contributed by atoms with E-state index in [2.05, 4.69) is 5.10 Å². The van der Waals surface area contributed by atoms with E-state index in [0.717, 1.165) is 0 Å². The molecule has 0 amide bonds. The smallest absolute Gasteiger partial charge is 0.374 e. The summed E-state index contributed by atoms with van der Waals surface area (Å²) in [5.41, 5.74) is 1.42. The summed E-state index contributed by atoms with van der Waals surface area (Å²) in [5, 5.41) is 15.7. The Morgan fingerprint density at radius 3 is 2.83 bits per heavy atom. The molecule has 2 heterocycles. The third-order valence-corrected chi connectivity index (χ3v) is 3.39. The van der Waals surface area contributed by atoms with Crippen LogP contribution in [0.15, 0.2) is 34.9 Å². The number of esters is 1. The summed E-state index contributed by atoms with van der Waals surface area (Å²) in [6.45, 7) is 1.90. The molecule has 0 N–H and O–H groups in total. The van der Waals surface area contributed by atoms with Gasteiger partial charge in [0.15, 0.2) is 0 Å². The first-order chi connectivity index (χ1) is 11.0. The number of carbonyl (C=O) groups excluding carboxylic acids is 1. The molecule has 0 unspecified atom stereocenters. The second-order valence-electron chi connectivity index (χ2n) is 4.84. The summed E-state index contributed by atoms with van der Waals surface area (Å²) >= 11 is 0. The number of aromatic nitrogens is 2. The predicted octanol–water partition coefficient (Wildman–Crippen LogP) is 2.92. The van der Waals surface area contributed by atoms with Gasteiger partial charge in [0.25, 0.3) is 5.69 Å². The number of aryl methyl sites for hydroxylation is 1. The first-order valence-electron chi connectivity index (χ1n) is 6.88. The monoisotopic (exact) mass is 315 g/mol. The molecule has 0 spiro atoms. The minimum absolute atomic E-state index is 0.00534. The molecule has 0 aliphatic rings. The van der Waals surface area contributed by atoms with E-state index in [9.17, 15) is 14.9 Å². The zero-order valence-electron chi connectivity index (χ0n) is 12.5. The van der Waals surface area contributed by atoms with Crippen molar-refractivity contribution in [1.29, 1.82) is 0 Å². The van der Waals surface area contributed by atoms with Gasteiger partial charge in [-0.25, -0.2) is 4.79 Å². The van der Waals surface area contributed by atoms with Crippen LogP contribution in [-0.2, 0) is 11.8 Å². The zero-order chi connectivity index (χ0) is 16.6. The average Bonchev–Trinajstić information content (AvgIpc) is 3.12. The van der Waals surface area contributed by atoms with Crippen molar-refractivity contribution in [3.63, 3.8) is 0 Å². The maximum atomic E-state index is 11.8. The van der Waals surface area contributed by atoms with Gasteiger partial charge in [-0.15, -0.1) is 0 Å². The first kappa shape index (κ1) is 14.8. The van der Waals surface area contributed by atoms with E-state index in [1.54, 1.807) is 30.9 Å². The van der Waals surface area contributed by atoms with Crippen molar-refractivity contribution >= 4 is 22.6 Å². The van der Waals surface area contributed by atoms with E-state index in [0.29, 0.717) is 22.2 Å². The summed E-state index contributed by atoms with van der Waals surface area (Å²) in [4.78, 5) is 22.5. The van der Waals surface area contributed by atoms with Crippen molar-refractivity contribution in [2.45, 2.75) is 6.92 Å². The summed E-state index contributed by atoms with van der Waals surface area (Å²) in [6.07, 6.45) is 1.58. The topological polar surface area (TPSA) is 100 Å². The Kier molecular flexibility index (Phi) is 3.57. The van der Waals surface area contributed by atoms with Crippen LogP contribution >= 0.6 is 0 Å². The molecule has 0 aliphatic carbocycles. The van der Waals surface area contributed by atoms with Crippen LogP contribution < -0.4 is 0 Å². The van der Waals surface area contributed by atoms with E-state index in [1.807, 2.05) is 0 Å². The van der Waals surface area contributed by atoms with E-state index in [4.69, 9.17) is 9.15 Å². The van der Waals surface area contributed by atoms with Crippen molar-refractivity contribution in [2.75, 3.05) is 6.61 Å². The molecule has 0 aliphatic heterocycles. The van der Waals surface area contributed by atoms with Gasteiger partial charge < -0.3 is 9.15 Å². The number of non-ortho nitro benzene ring substituents is 1. The molecule has 0 saturated heterocycles. The zero-order valence-corrected chi connectivity index (χ0v) is 12.5. The maximum absolute atomic E-state index is 11.8. The van der Waals surface area contributed by atoms with E-state index < -0.39 is 10.9 Å². The minimum atomic E-state index is -0.609. The molecule has 0 radical (unpaired) electrons. The highest BCUT2D eigenvalue weighted by molar-refractivity contribution is 5.99.